The average Bonchev–Trinajstić information content (AvgIpc) is 2.74. The molecule has 0 fully saturated rings. The first-order valence-corrected chi connectivity index (χ1v) is 10.5. The number of pyridine rings is 1. The van der Waals surface area contributed by atoms with E-state index in [0.717, 1.165) is 21.7 Å². The number of rotatable bonds is 7. The number of hydrogen-bond acceptors (Lipinski definition) is 5. The van der Waals surface area contributed by atoms with Crippen LogP contribution in [0.1, 0.15) is 41.3 Å². The normalized spacial score (nSPS) is 10.7. The Morgan fingerprint density at radius 1 is 1.03 bits per heavy atom. The molecule has 0 unspecified atom stereocenters. The Bertz CT molecular complexity index is 1040. The number of amides is 1. The Kier molecular flexibility index (Phi) is 7.25. The van der Waals surface area contributed by atoms with Gasteiger partial charge in [0.25, 0.3) is 5.91 Å². The lowest BCUT2D eigenvalue weighted by molar-refractivity contribution is -0.119. The maximum absolute atomic E-state index is 12.6. The molecule has 3 aromatic rings. The van der Waals surface area contributed by atoms with Crippen LogP contribution in [0.15, 0.2) is 76.8 Å². The molecule has 2 aromatic carbocycles. The van der Waals surface area contributed by atoms with Crippen LogP contribution in [0, 0.1) is 6.92 Å². The highest BCUT2D eigenvalue weighted by Crippen LogP contribution is 2.29. The van der Waals surface area contributed by atoms with Crippen LogP contribution in [-0.4, -0.2) is 23.5 Å². The summed E-state index contributed by atoms with van der Waals surface area (Å²) >= 11 is 1.37. The second-order valence-corrected chi connectivity index (χ2v) is 8.15. The van der Waals surface area contributed by atoms with Crippen molar-refractivity contribution in [2.45, 2.75) is 36.6 Å². The monoisotopic (exact) mass is 420 g/mol. The standard InChI is InChI=1S/C24H24N2O3S/c1-16(2)19-12-7-9-17(3)22(19)26-21(27)15-29-24(28)20-13-8-14-25-23(20)30-18-10-5-4-6-11-18/h4-14,16H,15H2,1-3H3,(H,26,27). The van der Waals surface area contributed by atoms with Gasteiger partial charge in [0.15, 0.2) is 6.61 Å². The van der Waals surface area contributed by atoms with E-state index in [2.05, 4.69) is 24.1 Å². The number of anilines is 1. The summed E-state index contributed by atoms with van der Waals surface area (Å²) in [6.07, 6.45) is 1.63. The van der Waals surface area contributed by atoms with Crippen molar-refractivity contribution in [1.29, 1.82) is 0 Å². The maximum atomic E-state index is 12.6. The number of benzene rings is 2. The average molecular weight is 421 g/mol. The molecule has 0 aliphatic rings. The number of nitrogens with one attached hydrogen (secondary N) is 1. The van der Waals surface area contributed by atoms with Gasteiger partial charge in [0.1, 0.15) is 5.03 Å². The Morgan fingerprint density at radius 2 is 1.80 bits per heavy atom. The highest BCUT2D eigenvalue weighted by atomic mass is 32.2. The number of carbonyl (C=O) groups is 2. The summed E-state index contributed by atoms with van der Waals surface area (Å²) in [7, 11) is 0. The molecule has 0 aliphatic heterocycles. The van der Waals surface area contributed by atoms with E-state index in [1.807, 2.05) is 55.5 Å². The van der Waals surface area contributed by atoms with Gasteiger partial charge in [-0.3, -0.25) is 4.79 Å². The van der Waals surface area contributed by atoms with Crippen LogP contribution >= 0.6 is 11.8 Å². The van der Waals surface area contributed by atoms with Crippen molar-refractivity contribution < 1.29 is 14.3 Å². The van der Waals surface area contributed by atoms with Gasteiger partial charge in [0.05, 0.1) is 5.56 Å². The van der Waals surface area contributed by atoms with Crippen molar-refractivity contribution in [1.82, 2.24) is 4.98 Å². The van der Waals surface area contributed by atoms with E-state index in [4.69, 9.17) is 4.74 Å². The molecule has 1 heterocycles. The number of esters is 1. The van der Waals surface area contributed by atoms with Gasteiger partial charge in [0, 0.05) is 16.8 Å². The molecular weight excluding hydrogens is 396 g/mol. The molecule has 1 amide bonds. The summed E-state index contributed by atoms with van der Waals surface area (Å²) in [6.45, 7) is 5.71. The van der Waals surface area contributed by atoms with Crippen LogP contribution in [-0.2, 0) is 9.53 Å². The molecule has 0 aliphatic carbocycles. The zero-order valence-electron chi connectivity index (χ0n) is 17.2. The molecule has 0 atom stereocenters. The summed E-state index contributed by atoms with van der Waals surface area (Å²) < 4.78 is 5.28. The van der Waals surface area contributed by atoms with Crippen LogP contribution < -0.4 is 5.32 Å². The van der Waals surface area contributed by atoms with Crippen molar-refractivity contribution in [2.75, 3.05) is 11.9 Å². The third-order valence-corrected chi connectivity index (χ3v) is 5.50. The minimum atomic E-state index is -0.578. The first kappa shape index (κ1) is 21.6. The fourth-order valence-electron chi connectivity index (χ4n) is 2.95. The predicted octanol–water partition coefficient (Wildman–Crippen LogP) is 5.46. The molecule has 0 saturated carbocycles. The highest BCUT2D eigenvalue weighted by Gasteiger charge is 2.17. The number of carbonyl (C=O) groups excluding carboxylic acids is 2. The fourth-order valence-corrected chi connectivity index (χ4v) is 3.85. The lowest BCUT2D eigenvalue weighted by atomic mass is 9.98. The van der Waals surface area contributed by atoms with E-state index >= 15 is 0 Å². The van der Waals surface area contributed by atoms with Gasteiger partial charge >= 0.3 is 5.97 Å². The second kappa shape index (κ2) is 10.1. The third-order valence-electron chi connectivity index (χ3n) is 4.47. The van der Waals surface area contributed by atoms with Crippen molar-refractivity contribution in [3.63, 3.8) is 0 Å². The second-order valence-electron chi connectivity index (χ2n) is 7.09. The van der Waals surface area contributed by atoms with Crippen LogP contribution in [0.5, 0.6) is 0 Å². The third kappa shape index (κ3) is 5.48. The number of para-hydroxylation sites is 1. The fraction of sp³-hybridized carbons (Fsp3) is 0.208. The number of aryl methyl sites for hydroxylation is 1. The molecule has 154 valence electrons. The Hall–Kier alpha value is -3.12. The molecule has 1 aromatic heterocycles. The molecule has 5 nitrogen and oxygen atoms in total. The predicted molar refractivity (Wildman–Crippen MR) is 119 cm³/mol. The topological polar surface area (TPSA) is 68.3 Å². The number of ether oxygens (including phenoxy) is 1. The van der Waals surface area contributed by atoms with Crippen LogP contribution in [0.25, 0.3) is 0 Å². The van der Waals surface area contributed by atoms with Crippen LogP contribution in [0.4, 0.5) is 5.69 Å². The van der Waals surface area contributed by atoms with Crippen molar-refractivity contribution in [3.05, 3.63) is 83.6 Å². The van der Waals surface area contributed by atoms with Gasteiger partial charge in [-0.15, -0.1) is 0 Å². The van der Waals surface area contributed by atoms with Crippen LogP contribution in [0.2, 0.25) is 0 Å². The zero-order valence-corrected chi connectivity index (χ0v) is 18.0. The van der Waals surface area contributed by atoms with E-state index in [1.165, 1.54) is 11.8 Å². The maximum Gasteiger partial charge on any atom is 0.341 e. The molecule has 30 heavy (non-hydrogen) atoms. The summed E-state index contributed by atoms with van der Waals surface area (Å²) in [4.78, 5) is 30.3. The number of aromatic nitrogens is 1. The van der Waals surface area contributed by atoms with Gasteiger partial charge in [-0.1, -0.05) is 62.0 Å². The van der Waals surface area contributed by atoms with E-state index in [1.54, 1.807) is 18.3 Å². The molecule has 6 heteroatoms. The summed E-state index contributed by atoms with van der Waals surface area (Å²) in [5, 5.41) is 3.42. The summed E-state index contributed by atoms with van der Waals surface area (Å²) in [6, 6.07) is 18.9. The molecule has 0 bridgehead atoms. The zero-order chi connectivity index (χ0) is 21.5. The summed E-state index contributed by atoms with van der Waals surface area (Å²) in [5.74, 6) is -0.693. The smallest absolute Gasteiger partial charge is 0.341 e. The minimum Gasteiger partial charge on any atom is -0.452 e. The Balaban J connectivity index is 1.66. The highest BCUT2D eigenvalue weighted by molar-refractivity contribution is 7.99. The lowest BCUT2D eigenvalue weighted by Crippen LogP contribution is -2.22. The molecule has 0 saturated heterocycles. The largest absolute Gasteiger partial charge is 0.452 e. The lowest BCUT2D eigenvalue weighted by Gasteiger charge is -2.16. The Morgan fingerprint density at radius 3 is 2.53 bits per heavy atom. The first-order valence-electron chi connectivity index (χ1n) is 9.70. The molecule has 1 N–H and O–H groups in total. The van der Waals surface area contributed by atoms with E-state index in [9.17, 15) is 9.59 Å². The van der Waals surface area contributed by atoms with Gasteiger partial charge in [-0.2, -0.15) is 0 Å². The van der Waals surface area contributed by atoms with Crippen molar-refractivity contribution in [3.8, 4) is 0 Å². The van der Waals surface area contributed by atoms with E-state index < -0.39 is 5.97 Å². The molecular formula is C24H24N2O3S. The van der Waals surface area contributed by atoms with Gasteiger partial charge < -0.3 is 10.1 Å². The van der Waals surface area contributed by atoms with E-state index in [-0.39, 0.29) is 18.4 Å². The van der Waals surface area contributed by atoms with E-state index in [0.29, 0.717) is 10.6 Å². The van der Waals surface area contributed by atoms with Gasteiger partial charge in [0.2, 0.25) is 0 Å². The molecule has 0 radical (unpaired) electrons. The van der Waals surface area contributed by atoms with Gasteiger partial charge in [-0.05, 0) is 48.2 Å². The van der Waals surface area contributed by atoms with Crippen molar-refractivity contribution in [2.24, 2.45) is 0 Å². The SMILES string of the molecule is Cc1cccc(C(C)C)c1NC(=O)COC(=O)c1cccnc1Sc1ccccc1. The first-order chi connectivity index (χ1) is 14.5. The Labute approximate surface area is 180 Å². The number of hydrogen-bond donors (Lipinski definition) is 1. The number of nitrogens with zero attached hydrogens (tertiary/aromatic N) is 1. The minimum absolute atomic E-state index is 0.260. The van der Waals surface area contributed by atoms with Crippen LogP contribution in [0.3, 0.4) is 0 Å². The quantitative estimate of drug-likeness (QED) is 0.514. The van der Waals surface area contributed by atoms with Gasteiger partial charge in [-0.25, -0.2) is 9.78 Å². The molecule has 0 spiro atoms. The van der Waals surface area contributed by atoms with Crippen molar-refractivity contribution >= 4 is 29.3 Å². The summed E-state index contributed by atoms with van der Waals surface area (Å²) in [5.41, 5.74) is 3.12. The molecule has 3 rings (SSSR count).